The van der Waals surface area contributed by atoms with E-state index in [1.807, 2.05) is 62.4 Å². The first-order valence-electron chi connectivity index (χ1n) is 6.79. The molecule has 0 fully saturated rings. The summed E-state index contributed by atoms with van der Waals surface area (Å²) in [5.74, 6) is 0.577. The Balaban J connectivity index is 1.85. The zero-order valence-electron chi connectivity index (χ0n) is 12.1. The minimum atomic E-state index is -0.132. The third-order valence-electron chi connectivity index (χ3n) is 3.11. The molecule has 0 saturated heterocycles. The second-order valence-electron chi connectivity index (χ2n) is 4.95. The van der Waals surface area contributed by atoms with Gasteiger partial charge in [-0.2, -0.15) is 0 Å². The number of hydrogen-bond donors (Lipinski definition) is 1. The van der Waals surface area contributed by atoms with E-state index in [1.54, 1.807) is 0 Å². The maximum atomic E-state index is 11.9. The van der Waals surface area contributed by atoms with Crippen LogP contribution in [0.25, 0.3) is 0 Å². The third-order valence-corrected chi connectivity index (χ3v) is 3.64. The summed E-state index contributed by atoms with van der Waals surface area (Å²) >= 11 is 3.39. The summed E-state index contributed by atoms with van der Waals surface area (Å²) in [5.41, 5.74) is 2.17. The summed E-state index contributed by atoms with van der Waals surface area (Å²) in [6.07, 6.45) is 0. The van der Waals surface area contributed by atoms with Crippen LogP contribution in [0.3, 0.4) is 0 Å². The molecule has 21 heavy (non-hydrogen) atoms. The predicted octanol–water partition coefficient (Wildman–Crippen LogP) is 4.01. The molecule has 0 bridgehead atoms. The quantitative estimate of drug-likeness (QED) is 0.887. The lowest BCUT2D eigenvalue weighted by Gasteiger charge is -2.15. The number of hydrogen-bond acceptors (Lipinski definition) is 2. The molecule has 0 heterocycles. The van der Waals surface area contributed by atoms with Gasteiger partial charge < -0.3 is 10.1 Å². The van der Waals surface area contributed by atoms with E-state index in [2.05, 4.69) is 21.2 Å². The summed E-state index contributed by atoms with van der Waals surface area (Å²) in [7, 11) is 0. The van der Waals surface area contributed by atoms with Gasteiger partial charge in [0.1, 0.15) is 5.75 Å². The van der Waals surface area contributed by atoms with Gasteiger partial charge in [-0.25, -0.2) is 0 Å². The zero-order chi connectivity index (χ0) is 15.2. The SMILES string of the molecule is Cc1cccc(OCC(=O)NC(C)c2ccc(Br)cc2)c1. The number of amides is 1. The van der Waals surface area contributed by atoms with E-state index in [-0.39, 0.29) is 18.6 Å². The lowest BCUT2D eigenvalue weighted by Crippen LogP contribution is -2.31. The van der Waals surface area contributed by atoms with Crippen LogP contribution in [0.15, 0.2) is 53.0 Å². The van der Waals surface area contributed by atoms with Crippen molar-refractivity contribution in [3.8, 4) is 5.75 Å². The van der Waals surface area contributed by atoms with Gasteiger partial charge in [0, 0.05) is 4.47 Å². The van der Waals surface area contributed by atoms with Gasteiger partial charge in [-0.1, -0.05) is 40.2 Å². The van der Waals surface area contributed by atoms with Crippen molar-refractivity contribution in [1.29, 1.82) is 0 Å². The van der Waals surface area contributed by atoms with Crippen molar-refractivity contribution in [2.45, 2.75) is 19.9 Å². The number of ether oxygens (including phenoxy) is 1. The van der Waals surface area contributed by atoms with Crippen LogP contribution in [-0.4, -0.2) is 12.5 Å². The van der Waals surface area contributed by atoms with E-state index in [0.717, 1.165) is 15.6 Å². The highest BCUT2D eigenvalue weighted by molar-refractivity contribution is 9.10. The highest BCUT2D eigenvalue weighted by Crippen LogP contribution is 2.16. The monoisotopic (exact) mass is 347 g/mol. The first-order valence-corrected chi connectivity index (χ1v) is 7.58. The van der Waals surface area contributed by atoms with Crippen molar-refractivity contribution >= 4 is 21.8 Å². The molecule has 3 nitrogen and oxygen atoms in total. The Morgan fingerprint density at radius 2 is 1.95 bits per heavy atom. The third kappa shape index (κ3) is 4.90. The molecule has 0 aliphatic heterocycles. The van der Waals surface area contributed by atoms with E-state index < -0.39 is 0 Å². The summed E-state index contributed by atoms with van der Waals surface area (Å²) in [4.78, 5) is 11.9. The topological polar surface area (TPSA) is 38.3 Å². The smallest absolute Gasteiger partial charge is 0.258 e. The lowest BCUT2D eigenvalue weighted by molar-refractivity contribution is -0.123. The molecule has 0 aliphatic rings. The molecular formula is C17H18BrNO2. The standard InChI is InChI=1S/C17H18BrNO2/c1-12-4-3-5-16(10-12)21-11-17(20)19-13(2)14-6-8-15(18)9-7-14/h3-10,13H,11H2,1-2H3,(H,19,20). The zero-order valence-corrected chi connectivity index (χ0v) is 13.7. The van der Waals surface area contributed by atoms with E-state index in [4.69, 9.17) is 4.74 Å². The highest BCUT2D eigenvalue weighted by Gasteiger charge is 2.10. The summed E-state index contributed by atoms with van der Waals surface area (Å²) in [6, 6.07) is 15.5. The number of rotatable bonds is 5. The lowest BCUT2D eigenvalue weighted by atomic mass is 10.1. The van der Waals surface area contributed by atoms with Gasteiger partial charge in [-0.3, -0.25) is 4.79 Å². The van der Waals surface area contributed by atoms with Crippen LogP contribution < -0.4 is 10.1 Å². The van der Waals surface area contributed by atoms with Gasteiger partial charge in [0.05, 0.1) is 6.04 Å². The van der Waals surface area contributed by atoms with E-state index >= 15 is 0 Å². The Labute approximate surface area is 133 Å². The molecule has 0 saturated carbocycles. The van der Waals surface area contributed by atoms with Crippen molar-refractivity contribution in [2.24, 2.45) is 0 Å². The molecule has 0 spiro atoms. The Kier molecular flexibility index (Phi) is 5.39. The van der Waals surface area contributed by atoms with Crippen LogP contribution in [-0.2, 0) is 4.79 Å². The number of carbonyl (C=O) groups is 1. The molecule has 110 valence electrons. The number of nitrogens with one attached hydrogen (secondary N) is 1. The van der Waals surface area contributed by atoms with Gasteiger partial charge in [0.2, 0.25) is 0 Å². The number of halogens is 1. The molecule has 1 atom stereocenters. The Bertz CT molecular complexity index is 610. The van der Waals surface area contributed by atoms with E-state index in [0.29, 0.717) is 5.75 Å². The fourth-order valence-corrected chi connectivity index (χ4v) is 2.24. The fourth-order valence-electron chi connectivity index (χ4n) is 1.97. The summed E-state index contributed by atoms with van der Waals surface area (Å²) in [5, 5.41) is 2.92. The van der Waals surface area contributed by atoms with Crippen molar-refractivity contribution in [1.82, 2.24) is 5.32 Å². The van der Waals surface area contributed by atoms with Crippen LogP contribution >= 0.6 is 15.9 Å². The van der Waals surface area contributed by atoms with Gasteiger partial charge in [0.25, 0.3) is 5.91 Å². The summed E-state index contributed by atoms with van der Waals surface area (Å²) in [6.45, 7) is 3.96. The second kappa shape index (κ2) is 7.27. The van der Waals surface area contributed by atoms with Crippen molar-refractivity contribution in [3.05, 3.63) is 64.1 Å². The first kappa shape index (κ1) is 15.6. The molecule has 0 radical (unpaired) electrons. The first-order chi connectivity index (χ1) is 10.0. The van der Waals surface area contributed by atoms with Gasteiger partial charge in [-0.05, 0) is 49.2 Å². The Morgan fingerprint density at radius 3 is 2.62 bits per heavy atom. The number of carbonyl (C=O) groups excluding carboxylic acids is 1. The van der Waals surface area contributed by atoms with Gasteiger partial charge >= 0.3 is 0 Å². The van der Waals surface area contributed by atoms with E-state index in [1.165, 1.54) is 0 Å². The Morgan fingerprint density at radius 1 is 1.24 bits per heavy atom. The van der Waals surface area contributed by atoms with Gasteiger partial charge in [0.15, 0.2) is 6.61 Å². The average Bonchev–Trinajstić information content (AvgIpc) is 2.46. The van der Waals surface area contributed by atoms with Crippen molar-refractivity contribution in [3.63, 3.8) is 0 Å². The molecule has 2 aromatic rings. The number of benzene rings is 2. The molecular weight excluding hydrogens is 330 g/mol. The molecule has 0 aliphatic carbocycles. The van der Waals surface area contributed by atoms with Crippen LogP contribution in [0.4, 0.5) is 0 Å². The molecule has 1 unspecified atom stereocenters. The number of aryl methyl sites for hydroxylation is 1. The van der Waals surface area contributed by atoms with Gasteiger partial charge in [-0.15, -0.1) is 0 Å². The molecule has 2 rings (SSSR count). The maximum absolute atomic E-state index is 11.9. The highest BCUT2D eigenvalue weighted by atomic mass is 79.9. The average molecular weight is 348 g/mol. The van der Waals surface area contributed by atoms with Crippen LogP contribution in [0, 0.1) is 6.92 Å². The molecule has 2 aromatic carbocycles. The molecule has 1 N–H and O–H groups in total. The summed E-state index contributed by atoms with van der Waals surface area (Å²) < 4.78 is 6.51. The largest absolute Gasteiger partial charge is 0.484 e. The Hall–Kier alpha value is -1.81. The predicted molar refractivity (Wildman–Crippen MR) is 87.4 cm³/mol. The van der Waals surface area contributed by atoms with Crippen molar-refractivity contribution in [2.75, 3.05) is 6.61 Å². The molecule has 1 amide bonds. The van der Waals surface area contributed by atoms with Crippen LogP contribution in [0.1, 0.15) is 24.1 Å². The minimum absolute atomic E-state index is 0.0182. The minimum Gasteiger partial charge on any atom is -0.484 e. The molecule has 0 aromatic heterocycles. The normalized spacial score (nSPS) is 11.8. The second-order valence-corrected chi connectivity index (χ2v) is 5.86. The molecule has 4 heteroatoms. The van der Waals surface area contributed by atoms with Crippen molar-refractivity contribution < 1.29 is 9.53 Å². The van der Waals surface area contributed by atoms with E-state index in [9.17, 15) is 4.79 Å². The van der Waals surface area contributed by atoms with Crippen LogP contribution in [0.2, 0.25) is 0 Å². The maximum Gasteiger partial charge on any atom is 0.258 e. The fraction of sp³-hybridized carbons (Fsp3) is 0.235. The van der Waals surface area contributed by atoms with Crippen LogP contribution in [0.5, 0.6) is 5.75 Å².